The molecule has 4 nitrogen and oxygen atoms in total. The van der Waals surface area contributed by atoms with Crippen LogP contribution in [-0.2, 0) is 5.41 Å². The molecule has 0 spiro atoms. The number of benzene rings is 2. The molecular weight excluding hydrogens is 340 g/mol. The van der Waals surface area contributed by atoms with Crippen molar-refractivity contribution in [2.24, 2.45) is 0 Å². The molecule has 0 aliphatic rings. The topological polar surface area (TPSA) is 44.8 Å². The molecule has 0 unspecified atom stereocenters. The van der Waals surface area contributed by atoms with E-state index in [-0.39, 0.29) is 5.41 Å². The van der Waals surface area contributed by atoms with Gasteiger partial charge in [-0.2, -0.15) is 0 Å². The first-order valence-electron chi connectivity index (χ1n) is 9.53. The van der Waals surface area contributed by atoms with Gasteiger partial charge in [-0.05, 0) is 48.1 Å². The van der Waals surface area contributed by atoms with Gasteiger partial charge in [-0.15, -0.1) is 0 Å². The van der Waals surface area contributed by atoms with E-state index in [1.165, 1.54) is 5.56 Å². The number of methoxy groups -OCH3 is 1. The van der Waals surface area contributed by atoms with E-state index in [1.807, 2.05) is 12.1 Å². The van der Waals surface area contributed by atoms with Crippen LogP contribution in [0.3, 0.4) is 0 Å². The minimum Gasteiger partial charge on any atom is -0.493 e. The molecule has 146 valence electrons. The minimum absolute atomic E-state index is 0.119. The number of rotatable bonds is 10. The zero-order valence-electron chi connectivity index (χ0n) is 17.0. The molecule has 0 N–H and O–H groups in total. The van der Waals surface area contributed by atoms with Gasteiger partial charge >= 0.3 is 0 Å². The van der Waals surface area contributed by atoms with Crippen LogP contribution in [0.1, 0.15) is 62.9 Å². The molecule has 2 aromatic carbocycles. The number of aldehydes is 1. The molecule has 0 saturated heterocycles. The number of hydrogen-bond acceptors (Lipinski definition) is 4. The second-order valence-electron chi connectivity index (χ2n) is 7.23. The SMILES string of the molecule is CCCCOc1c(OC)cc(C=O)cc1Oc1ccc(C(C)(C)CC)cc1. The number of carbonyl (C=O) groups is 1. The highest BCUT2D eigenvalue weighted by molar-refractivity contribution is 5.78. The van der Waals surface area contributed by atoms with Gasteiger partial charge in [0, 0.05) is 5.56 Å². The van der Waals surface area contributed by atoms with Crippen molar-refractivity contribution in [2.75, 3.05) is 13.7 Å². The second-order valence-corrected chi connectivity index (χ2v) is 7.23. The van der Waals surface area contributed by atoms with Crippen LogP contribution in [0.4, 0.5) is 0 Å². The van der Waals surface area contributed by atoms with Crippen LogP contribution in [0.15, 0.2) is 36.4 Å². The van der Waals surface area contributed by atoms with Gasteiger partial charge in [-0.3, -0.25) is 4.79 Å². The smallest absolute Gasteiger partial charge is 0.204 e. The monoisotopic (exact) mass is 370 g/mol. The summed E-state index contributed by atoms with van der Waals surface area (Å²) >= 11 is 0. The summed E-state index contributed by atoms with van der Waals surface area (Å²) in [4.78, 5) is 11.3. The predicted octanol–water partition coefficient (Wildman–Crippen LogP) is 6.17. The third kappa shape index (κ3) is 5.25. The van der Waals surface area contributed by atoms with Gasteiger partial charge in [0.15, 0.2) is 11.5 Å². The molecular formula is C23H30O4. The predicted molar refractivity (Wildman–Crippen MR) is 109 cm³/mol. The van der Waals surface area contributed by atoms with Crippen molar-refractivity contribution in [3.63, 3.8) is 0 Å². The highest BCUT2D eigenvalue weighted by Gasteiger charge is 2.19. The van der Waals surface area contributed by atoms with Crippen molar-refractivity contribution in [1.82, 2.24) is 0 Å². The summed E-state index contributed by atoms with van der Waals surface area (Å²) in [6.45, 7) is 9.30. The lowest BCUT2D eigenvalue weighted by Crippen LogP contribution is -2.14. The summed E-state index contributed by atoms with van der Waals surface area (Å²) in [5.74, 6) is 2.19. The molecule has 0 heterocycles. The van der Waals surface area contributed by atoms with Crippen LogP contribution < -0.4 is 14.2 Å². The molecule has 0 aliphatic heterocycles. The zero-order chi connectivity index (χ0) is 19.9. The highest BCUT2D eigenvalue weighted by Crippen LogP contribution is 2.41. The lowest BCUT2D eigenvalue weighted by molar-refractivity contribution is 0.112. The van der Waals surface area contributed by atoms with E-state index in [0.29, 0.717) is 35.2 Å². The van der Waals surface area contributed by atoms with Gasteiger partial charge in [0.25, 0.3) is 0 Å². The first-order valence-corrected chi connectivity index (χ1v) is 9.53. The van der Waals surface area contributed by atoms with Crippen molar-refractivity contribution in [3.8, 4) is 23.0 Å². The molecule has 0 atom stereocenters. The Bertz CT molecular complexity index is 748. The van der Waals surface area contributed by atoms with Gasteiger partial charge in [-0.1, -0.05) is 46.2 Å². The Morgan fingerprint density at radius 2 is 1.70 bits per heavy atom. The van der Waals surface area contributed by atoms with E-state index in [2.05, 4.69) is 39.8 Å². The normalized spacial score (nSPS) is 11.1. The minimum atomic E-state index is 0.119. The molecule has 27 heavy (non-hydrogen) atoms. The summed E-state index contributed by atoms with van der Waals surface area (Å²) in [6, 6.07) is 11.4. The molecule has 4 heteroatoms. The average Bonchev–Trinajstić information content (AvgIpc) is 2.69. The Morgan fingerprint density at radius 1 is 1.04 bits per heavy atom. The Balaban J connectivity index is 2.34. The quantitative estimate of drug-likeness (QED) is 0.371. The first-order chi connectivity index (χ1) is 12.9. The number of unbranched alkanes of at least 4 members (excludes halogenated alkanes) is 1. The molecule has 0 radical (unpaired) electrons. The number of hydrogen-bond donors (Lipinski definition) is 0. The van der Waals surface area contributed by atoms with Crippen LogP contribution in [0.5, 0.6) is 23.0 Å². The Morgan fingerprint density at radius 3 is 2.26 bits per heavy atom. The first kappa shape index (κ1) is 20.8. The van der Waals surface area contributed by atoms with Crippen molar-refractivity contribution < 1.29 is 19.0 Å². The summed E-state index contributed by atoms with van der Waals surface area (Å²) in [6.07, 6.45) is 3.79. The number of carbonyl (C=O) groups excluding carboxylic acids is 1. The van der Waals surface area contributed by atoms with E-state index in [0.717, 1.165) is 25.5 Å². The van der Waals surface area contributed by atoms with Crippen LogP contribution in [0.25, 0.3) is 0 Å². The molecule has 0 aliphatic carbocycles. The number of ether oxygens (including phenoxy) is 3. The van der Waals surface area contributed by atoms with Gasteiger partial charge in [0.1, 0.15) is 12.0 Å². The van der Waals surface area contributed by atoms with Gasteiger partial charge in [-0.25, -0.2) is 0 Å². The van der Waals surface area contributed by atoms with E-state index in [9.17, 15) is 4.79 Å². The molecule has 0 amide bonds. The second kappa shape index (κ2) is 9.45. The van der Waals surface area contributed by atoms with Crippen molar-refractivity contribution >= 4 is 6.29 Å². The summed E-state index contributed by atoms with van der Waals surface area (Å²) in [5.41, 5.74) is 1.86. The average molecular weight is 370 g/mol. The van der Waals surface area contributed by atoms with E-state index in [1.54, 1.807) is 19.2 Å². The summed E-state index contributed by atoms with van der Waals surface area (Å²) < 4.78 is 17.4. The zero-order valence-corrected chi connectivity index (χ0v) is 17.0. The lowest BCUT2D eigenvalue weighted by Gasteiger charge is -2.23. The van der Waals surface area contributed by atoms with Gasteiger partial charge in [0.05, 0.1) is 13.7 Å². The van der Waals surface area contributed by atoms with Crippen LogP contribution in [-0.4, -0.2) is 20.0 Å². The van der Waals surface area contributed by atoms with E-state index < -0.39 is 0 Å². The highest BCUT2D eigenvalue weighted by atomic mass is 16.5. The Hall–Kier alpha value is -2.49. The van der Waals surface area contributed by atoms with Crippen LogP contribution in [0, 0.1) is 0 Å². The third-order valence-electron chi connectivity index (χ3n) is 4.89. The maximum Gasteiger partial charge on any atom is 0.204 e. The van der Waals surface area contributed by atoms with Crippen LogP contribution in [0.2, 0.25) is 0 Å². The van der Waals surface area contributed by atoms with Gasteiger partial charge < -0.3 is 14.2 Å². The molecule has 2 rings (SSSR count). The van der Waals surface area contributed by atoms with Crippen LogP contribution >= 0.6 is 0 Å². The molecule has 0 bridgehead atoms. The Kier molecular flexibility index (Phi) is 7.28. The van der Waals surface area contributed by atoms with E-state index in [4.69, 9.17) is 14.2 Å². The fraction of sp³-hybridized carbons (Fsp3) is 0.435. The standard InChI is InChI=1S/C23H30O4/c1-6-8-13-26-22-20(25-5)14-17(16-24)15-21(22)27-19-11-9-18(10-12-19)23(3,4)7-2/h9-12,14-16H,6-8,13H2,1-5H3. The third-order valence-corrected chi connectivity index (χ3v) is 4.89. The molecule has 0 saturated carbocycles. The fourth-order valence-electron chi connectivity index (χ4n) is 2.66. The maximum absolute atomic E-state index is 11.3. The lowest BCUT2D eigenvalue weighted by atomic mass is 9.82. The largest absolute Gasteiger partial charge is 0.493 e. The molecule has 0 fully saturated rings. The Labute approximate surface area is 162 Å². The van der Waals surface area contributed by atoms with E-state index >= 15 is 0 Å². The van der Waals surface area contributed by atoms with Gasteiger partial charge in [0.2, 0.25) is 5.75 Å². The summed E-state index contributed by atoms with van der Waals surface area (Å²) in [5, 5.41) is 0. The maximum atomic E-state index is 11.3. The fourth-order valence-corrected chi connectivity index (χ4v) is 2.66. The van der Waals surface area contributed by atoms with Crippen molar-refractivity contribution in [2.45, 2.75) is 52.4 Å². The summed E-state index contributed by atoms with van der Waals surface area (Å²) in [7, 11) is 1.56. The molecule has 2 aromatic rings. The molecule has 0 aromatic heterocycles. The van der Waals surface area contributed by atoms with Crippen molar-refractivity contribution in [1.29, 1.82) is 0 Å². The van der Waals surface area contributed by atoms with Crippen molar-refractivity contribution in [3.05, 3.63) is 47.5 Å².